The number of benzene rings is 1. The van der Waals surface area contributed by atoms with Gasteiger partial charge in [-0.05, 0) is 24.6 Å². The Labute approximate surface area is 123 Å². The van der Waals surface area contributed by atoms with Crippen molar-refractivity contribution in [3.8, 4) is 11.5 Å². The topological polar surface area (TPSA) is 52.6 Å². The van der Waals surface area contributed by atoms with Crippen molar-refractivity contribution in [1.29, 1.82) is 0 Å². The number of sulfone groups is 1. The van der Waals surface area contributed by atoms with E-state index in [0.717, 1.165) is 11.3 Å². The Kier molecular flexibility index (Phi) is 6.65. The van der Waals surface area contributed by atoms with E-state index in [9.17, 15) is 8.42 Å². The van der Waals surface area contributed by atoms with Gasteiger partial charge in [-0.2, -0.15) is 0 Å². The minimum absolute atomic E-state index is 0.0502. The molecule has 0 aliphatic carbocycles. The molecular formula is C13H19BrO4S. The second-order valence-corrected chi connectivity index (χ2v) is 6.97. The van der Waals surface area contributed by atoms with Crippen LogP contribution in [0.2, 0.25) is 0 Å². The molecule has 6 heteroatoms. The SMILES string of the molecule is CCCS(=O)(=O)CCOc1ccc(OC)cc1CBr. The quantitative estimate of drug-likeness (QED) is 0.676. The molecule has 0 heterocycles. The molecule has 0 aliphatic rings. The fourth-order valence-electron chi connectivity index (χ4n) is 1.62. The summed E-state index contributed by atoms with van der Waals surface area (Å²) in [5, 5.41) is 0.626. The van der Waals surface area contributed by atoms with Crippen molar-refractivity contribution < 1.29 is 17.9 Å². The monoisotopic (exact) mass is 350 g/mol. The first-order valence-electron chi connectivity index (χ1n) is 6.08. The molecule has 108 valence electrons. The highest BCUT2D eigenvalue weighted by atomic mass is 79.9. The van der Waals surface area contributed by atoms with Gasteiger partial charge in [0, 0.05) is 10.9 Å². The van der Waals surface area contributed by atoms with Crippen LogP contribution in [0.3, 0.4) is 0 Å². The first-order valence-corrected chi connectivity index (χ1v) is 9.02. The largest absolute Gasteiger partial charge is 0.497 e. The van der Waals surface area contributed by atoms with Crippen LogP contribution in [0.4, 0.5) is 0 Å². The van der Waals surface area contributed by atoms with Crippen LogP contribution in [-0.4, -0.2) is 33.6 Å². The smallest absolute Gasteiger partial charge is 0.153 e. The number of halogens is 1. The average molecular weight is 351 g/mol. The third-order valence-electron chi connectivity index (χ3n) is 2.58. The van der Waals surface area contributed by atoms with Crippen LogP contribution in [-0.2, 0) is 15.2 Å². The Morgan fingerprint density at radius 3 is 2.58 bits per heavy atom. The molecule has 0 fully saturated rings. The van der Waals surface area contributed by atoms with Crippen LogP contribution < -0.4 is 9.47 Å². The van der Waals surface area contributed by atoms with Gasteiger partial charge in [-0.3, -0.25) is 0 Å². The van der Waals surface area contributed by atoms with Crippen LogP contribution in [0, 0.1) is 0 Å². The number of hydrogen-bond acceptors (Lipinski definition) is 4. The maximum absolute atomic E-state index is 11.6. The highest BCUT2D eigenvalue weighted by Crippen LogP contribution is 2.26. The normalized spacial score (nSPS) is 11.3. The van der Waals surface area contributed by atoms with Gasteiger partial charge in [0.15, 0.2) is 9.84 Å². The van der Waals surface area contributed by atoms with E-state index in [0.29, 0.717) is 17.5 Å². The van der Waals surface area contributed by atoms with E-state index in [1.807, 2.05) is 13.0 Å². The minimum atomic E-state index is -3.00. The summed E-state index contributed by atoms with van der Waals surface area (Å²) in [6.07, 6.45) is 0.636. The van der Waals surface area contributed by atoms with Crippen molar-refractivity contribution in [2.75, 3.05) is 25.2 Å². The summed E-state index contributed by atoms with van der Waals surface area (Å²) in [6, 6.07) is 5.45. The van der Waals surface area contributed by atoms with E-state index in [4.69, 9.17) is 9.47 Å². The van der Waals surface area contributed by atoms with Crippen molar-refractivity contribution in [1.82, 2.24) is 0 Å². The molecule has 19 heavy (non-hydrogen) atoms. The summed E-state index contributed by atoms with van der Waals surface area (Å²) in [6.45, 7) is 2.03. The van der Waals surface area contributed by atoms with Gasteiger partial charge in [0.05, 0.1) is 18.6 Å². The molecule has 4 nitrogen and oxygen atoms in total. The fourth-order valence-corrected chi connectivity index (χ4v) is 3.22. The molecule has 0 saturated heterocycles. The summed E-state index contributed by atoms with van der Waals surface area (Å²) >= 11 is 3.37. The predicted octanol–water partition coefficient (Wildman–Crippen LogP) is 2.79. The lowest BCUT2D eigenvalue weighted by atomic mass is 10.2. The number of ether oxygens (including phenoxy) is 2. The molecule has 0 radical (unpaired) electrons. The molecule has 0 saturated carbocycles. The third-order valence-corrected chi connectivity index (χ3v) is 5.00. The van der Waals surface area contributed by atoms with E-state index in [2.05, 4.69) is 15.9 Å². The Morgan fingerprint density at radius 2 is 2.00 bits per heavy atom. The number of hydrogen-bond donors (Lipinski definition) is 0. The first kappa shape index (κ1) is 16.3. The lowest BCUT2D eigenvalue weighted by molar-refractivity contribution is 0.337. The zero-order valence-corrected chi connectivity index (χ0v) is 13.6. The Morgan fingerprint density at radius 1 is 1.26 bits per heavy atom. The number of rotatable bonds is 8. The second-order valence-electron chi connectivity index (χ2n) is 4.11. The summed E-state index contributed by atoms with van der Waals surface area (Å²) in [5.74, 6) is 1.70. The number of methoxy groups -OCH3 is 1. The highest BCUT2D eigenvalue weighted by Gasteiger charge is 2.11. The van der Waals surface area contributed by atoms with Gasteiger partial charge >= 0.3 is 0 Å². The Balaban J connectivity index is 2.63. The minimum Gasteiger partial charge on any atom is -0.497 e. The second kappa shape index (κ2) is 7.75. The molecule has 1 aromatic rings. The molecule has 1 aromatic carbocycles. The van der Waals surface area contributed by atoms with Crippen LogP contribution >= 0.6 is 15.9 Å². The lowest BCUT2D eigenvalue weighted by Gasteiger charge is -2.11. The van der Waals surface area contributed by atoms with Gasteiger partial charge in [-0.1, -0.05) is 22.9 Å². The van der Waals surface area contributed by atoms with Gasteiger partial charge in [-0.15, -0.1) is 0 Å². The van der Waals surface area contributed by atoms with E-state index in [1.54, 1.807) is 19.2 Å². The number of alkyl halides is 1. The summed E-state index contributed by atoms with van der Waals surface area (Å²) in [4.78, 5) is 0. The molecule has 0 aromatic heterocycles. The fraction of sp³-hybridized carbons (Fsp3) is 0.538. The molecule has 0 unspecified atom stereocenters. The van der Waals surface area contributed by atoms with Crippen LogP contribution in [0.15, 0.2) is 18.2 Å². The van der Waals surface area contributed by atoms with Gasteiger partial charge < -0.3 is 9.47 Å². The van der Waals surface area contributed by atoms with Crippen molar-refractivity contribution in [2.24, 2.45) is 0 Å². The zero-order valence-electron chi connectivity index (χ0n) is 11.2. The van der Waals surface area contributed by atoms with E-state index >= 15 is 0 Å². The van der Waals surface area contributed by atoms with Crippen molar-refractivity contribution in [2.45, 2.75) is 18.7 Å². The van der Waals surface area contributed by atoms with Gasteiger partial charge in [-0.25, -0.2) is 8.42 Å². The molecule has 0 bridgehead atoms. The van der Waals surface area contributed by atoms with E-state index < -0.39 is 9.84 Å². The summed E-state index contributed by atoms with van der Waals surface area (Å²) < 4.78 is 33.8. The van der Waals surface area contributed by atoms with E-state index in [1.165, 1.54) is 0 Å². The van der Waals surface area contributed by atoms with Crippen molar-refractivity contribution in [3.05, 3.63) is 23.8 Å². The molecule has 0 atom stereocenters. The molecule has 1 rings (SSSR count). The van der Waals surface area contributed by atoms with Crippen molar-refractivity contribution >= 4 is 25.8 Å². The highest BCUT2D eigenvalue weighted by molar-refractivity contribution is 9.08. The van der Waals surface area contributed by atoms with Gasteiger partial charge in [0.1, 0.15) is 18.1 Å². The molecular weight excluding hydrogens is 332 g/mol. The van der Waals surface area contributed by atoms with Gasteiger partial charge in [0.2, 0.25) is 0 Å². The van der Waals surface area contributed by atoms with Crippen LogP contribution in [0.1, 0.15) is 18.9 Å². The Hall–Kier alpha value is -0.750. The first-order chi connectivity index (χ1) is 9.02. The van der Waals surface area contributed by atoms with Crippen LogP contribution in [0.5, 0.6) is 11.5 Å². The maximum atomic E-state index is 11.6. The predicted molar refractivity (Wildman–Crippen MR) is 80.1 cm³/mol. The Bertz CT molecular complexity index is 499. The third kappa shape index (κ3) is 5.40. The zero-order chi connectivity index (χ0) is 14.3. The molecule has 0 amide bonds. The molecule has 0 N–H and O–H groups in total. The van der Waals surface area contributed by atoms with Crippen LogP contribution in [0.25, 0.3) is 0 Å². The standard InChI is InChI=1S/C13H19BrO4S/c1-3-7-19(15,16)8-6-18-13-5-4-12(17-2)9-11(13)10-14/h4-5,9H,3,6-8,10H2,1-2H3. The molecule has 0 spiro atoms. The molecule has 0 aliphatic heterocycles. The summed E-state index contributed by atoms with van der Waals surface area (Å²) in [7, 11) is -1.39. The average Bonchev–Trinajstić information content (AvgIpc) is 2.38. The maximum Gasteiger partial charge on any atom is 0.153 e. The van der Waals surface area contributed by atoms with Crippen molar-refractivity contribution in [3.63, 3.8) is 0 Å². The van der Waals surface area contributed by atoms with Gasteiger partial charge in [0.25, 0.3) is 0 Å². The lowest BCUT2D eigenvalue weighted by Crippen LogP contribution is -2.17. The summed E-state index contributed by atoms with van der Waals surface area (Å²) in [5.41, 5.74) is 0.937. The van der Waals surface area contributed by atoms with E-state index in [-0.39, 0.29) is 18.1 Å².